The van der Waals surface area contributed by atoms with E-state index < -0.39 is 5.97 Å². The Balaban J connectivity index is 2.91. The largest absolute Gasteiger partial charge is 0.481 e. The van der Waals surface area contributed by atoms with Crippen molar-refractivity contribution in [2.24, 2.45) is 0 Å². The number of aliphatic carboxylic acids is 1. The summed E-state index contributed by atoms with van der Waals surface area (Å²) < 4.78 is 1.88. The van der Waals surface area contributed by atoms with E-state index in [0.29, 0.717) is 0 Å². The molecule has 4 nitrogen and oxygen atoms in total. The van der Waals surface area contributed by atoms with Gasteiger partial charge in [-0.1, -0.05) is 13.3 Å². The second kappa shape index (κ2) is 4.79. The van der Waals surface area contributed by atoms with Crippen LogP contribution in [0.25, 0.3) is 0 Å². The molecule has 1 rings (SSSR count). The van der Waals surface area contributed by atoms with Crippen molar-refractivity contribution in [3.8, 4) is 0 Å². The van der Waals surface area contributed by atoms with Gasteiger partial charge in [0.25, 0.3) is 0 Å². The van der Waals surface area contributed by atoms with Crippen LogP contribution in [0.15, 0.2) is 6.20 Å². The Morgan fingerprint density at radius 3 is 2.79 bits per heavy atom. The third kappa shape index (κ3) is 2.34. The second-order valence-corrected chi connectivity index (χ2v) is 3.25. The zero-order valence-corrected chi connectivity index (χ0v) is 8.66. The van der Waals surface area contributed by atoms with Gasteiger partial charge in [-0.25, -0.2) is 0 Å². The molecule has 0 saturated heterocycles. The van der Waals surface area contributed by atoms with Crippen molar-refractivity contribution < 1.29 is 9.90 Å². The lowest BCUT2D eigenvalue weighted by atomic mass is 10.1. The molecule has 0 atom stereocenters. The van der Waals surface area contributed by atoms with Crippen LogP contribution in [0.1, 0.15) is 31.5 Å². The van der Waals surface area contributed by atoms with Crippen LogP contribution < -0.4 is 0 Å². The van der Waals surface area contributed by atoms with Gasteiger partial charge in [-0.3, -0.25) is 9.48 Å². The fourth-order valence-electron chi connectivity index (χ4n) is 1.56. The maximum Gasteiger partial charge on any atom is 0.307 e. The number of aryl methyl sites for hydroxylation is 1. The summed E-state index contributed by atoms with van der Waals surface area (Å²) in [6.07, 6.45) is 3.66. The molecule has 78 valence electrons. The van der Waals surface area contributed by atoms with Gasteiger partial charge in [0.05, 0.1) is 12.6 Å². The highest BCUT2D eigenvalue weighted by atomic mass is 16.4. The van der Waals surface area contributed by atoms with E-state index in [-0.39, 0.29) is 6.42 Å². The van der Waals surface area contributed by atoms with Crippen molar-refractivity contribution in [3.05, 3.63) is 17.5 Å². The zero-order valence-electron chi connectivity index (χ0n) is 8.66. The Morgan fingerprint density at radius 2 is 2.29 bits per heavy atom. The average Bonchev–Trinajstić information content (AvgIpc) is 2.48. The molecule has 0 bridgehead atoms. The summed E-state index contributed by atoms with van der Waals surface area (Å²) in [5, 5.41) is 12.9. The van der Waals surface area contributed by atoms with Gasteiger partial charge >= 0.3 is 5.97 Å². The van der Waals surface area contributed by atoms with Gasteiger partial charge < -0.3 is 5.11 Å². The molecule has 0 saturated carbocycles. The van der Waals surface area contributed by atoms with Crippen molar-refractivity contribution in [3.63, 3.8) is 0 Å². The molecule has 1 N–H and O–H groups in total. The summed E-state index contributed by atoms with van der Waals surface area (Å²) in [5.41, 5.74) is 1.92. The van der Waals surface area contributed by atoms with E-state index >= 15 is 0 Å². The van der Waals surface area contributed by atoms with Crippen LogP contribution in [-0.4, -0.2) is 20.9 Å². The van der Waals surface area contributed by atoms with Gasteiger partial charge in [0.1, 0.15) is 0 Å². The monoisotopic (exact) mass is 196 g/mol. The number of hydrogen-bond acceptors (Lipinski definition) is 2. The summed E-state index contributed by atoms with van der Waals surface area (Å²) in [4.78, 5) is 10.6. The molecule has 0 amide bonds. The lowest BCUT2D eigenvalue weighted by Gasteiger charge is -2.04. The van der Waals surface area contributed by atoms with E-state index in [9.17, 15) is 4.79 Å². The highest BCUT2D eigenvalue weighted by Gasteiger charge is 2.11. The first-order chi connectivity index (χ1) is 6.69. The molecule has 0 radical (unpaired) electrons. The van der Waals surface area contributed by atoms with Crippen molar-refractivity contribution in [1.29, 1.82) is 0 Å². The maximum atomic E-state index is 10.6. The van der Waals surface area contributed by atoms with Crippen LogP contribution in [0.3, 0.4) is 0 Å². The quantitative estimate of drug-likeness (QED) is 0.776. The zero-order chi connectivity index (χ0) is 10.6. The van der Waals surface area contributed by atoms with E-state index in [2.05, 4.69) is 12.0 Å². The fourth-order valence-corrected chi connectivity index (χ4v) is 1.56. The second-order valence-electron chi connectivity index (χ2n) is 3.25. The predicted molar refractivity (Wildman–Crippen MR) is 53.2 cm³/mol. The minimum atomic E-state index is -0.794. The molecular formula is C10H16N2O2. The van der Waals surface area contributed by atoms with E-state index in [4.69, 9.17) is 5.11 Å². The number of rotatable bonds is 5. The third-order valence-corrected chi connectivity index (χ3v) is 2.16. The van der Waals surface area contributed by atoms with E-state index in [1.165, 1.54) is 0 Å². The average molecular weight is 196 g/mol. The molecule has 0 spiro atoms. The van der Waals surface area contributed by atoms with Gasteiger partial charge in [-0.05, 0) is 13.3 Å². The third-order valence-electron chi connectivity index (χ3n) is 2.16. The normalized spacial score (nSPS) is 10.4. The van der Waals surface area contributed by atoms with Crippen LogP contribution in [0, 0.1) is 0 Å². The summed E-state index contributed by atoms with van der Waals surface area (Å²) in [6.45, 7) is 4.89. The molecule has 0 aliphatic rings. The van der Waals surface area contributed by atoms with E-state index in [1.54, 1.807) is 6.20 Å². The van der Waals surface area contributed by atoms with Crippen LogP contribution in [0.5, 0.6) is 0 Å². The van der Waals surface area contributed by atoms with Crippen molar-refractivity contribution in [1.82, 2.24) is 9.78 Å². The lowest BCUT2D eigenvalue weighted by molar-refractivity contribution is -0.136. The SMILES string of the molecule is CCCc1c(CC(=O)O)cnn1CC. The number of aromatic nitrogens is 2. The molecule has 0 aliphatic heterocycles. The molecule has 1 aromatic rings. The minimum Gasteiger partial charge on any atom is -0.481 e. The van der Waals surface area contributed by atoms with Crippen LogP contribution in [0.2, 0.25) is 0 Å². The first-order valence-electron chi connectivity index (χ1n) is 4.94. The number of carboxylic acids is 1. The number of carboxylic acid groups (broad SMARTS) is 1. The molecule has 1 heterocycles. The van der Waals surface area contributed by atoms with Gasteiger partial charge in [-0.2, -0.15) is 5.10 Å². The fraction of sp³-hybridized carbons (Fsp3) is 0.600. The molecular weight excluding hydrogens is 180 g/mol. The van der Waals surface area contributed by atoms with E-state index in [1.807, 2.05) is 11.6 Å². The van der Waals surface area contributed by atoms with E-state index in [0.717, 1.165) is 30.6 Å². The standard InChI is InChI=1S/C10H16N2O2/c1-3-5-9-8(6-10(13)14)7-11-12(9)4-2/h7H,3-6H2,1-2H3,(H,13,14). The predicted octanol–water partition coefficient (Wildman–Crippen LogP) is 1.48. The number of nitrogens with zero attached hydrogens (tertiary/aromatic N) is 2. The molecule has 0 aromatic carbocycles. The van der Waals surface area contributed by atoms with Crippen LogP contribution >= 0.6 is 0 Å². The van der Waals surface area contributed by atoms with Crippen molar-refractivity contribution >= 4 is 5.97 Å². The number of carbonyl (C=O) groups is 1. The highest BCUT2D eigenvalue weighted by Crippen LogP contribution is 2.11. The Morgan fingerprint density at radius 1 is 1.57 bits per heavy atom. The minimum absolute atomic E-state index is 0.0787. The Labute approximate surface area is 83.5 Å². The van der Waals surface area contributed by atoms with Gasteiger partial charge in [0.2, 0.25) is 0 Å². The Bertz CT molecular complexity index is 318. The van der Waals surface area contributed by atoms with Crippen molar-refractivity contribution in [2.75, 3.05) is 0 Å². The molecule has 1 aromatic heterocycles. The molecule has 14 heavy (non-hydrogen) atoms. The number of hydrogen-bond donors (Lipinski definition) is 1. The first kappa shape index (κ1) is 10.8. The van der Waals surface area contributed by atoms with Gasteiger partial charge in [0, 0.05) is 17.8 Å². The highest BCUT2D eigenvalue weighted by molar-refractivity contribution is 5.70. The van der Waals surface area contributed by atoms with Gasteiger partial charge in [0.15, 0.2) is 0 Å². The summed E-state index contributed by atoms with van der Waals surface area (Å²) in [6, 6.07) is 0. The molecule has 0 aliphatic carbocycles. The summed E-state index contributed by atoms with van der Waals surface area (Å²) in [7, 11) is 0. The summed E-state index contributed by atoms with van der Waals surface area (Å²) >= 11 is 0. The Hall–Kier alpha value is -1.32. The first-order valence-corrected chi connectivity index (χ1v) is 4.94. The van der Waals surface area contributed by atoms with Crippen LogP contribution in [0.4, 0.5) is 0 Å². The van der Waals surface area contributed by atoms with Crippen molar-refractivity contribution in [2.45, 2.75) is 39.7 Å². The maximum absolute atomic E-state index is 10.6. The smallest absolute Gasteiger partial charge is 0.307 e. The van der Waals surface area contributed by atoms with Crippen LogP contribution in [-0.2, 0) is 24.2 Å². The summed E-state index contributed by atoms with van der Waals surface area (Å²) in [5.74, 6) is -0.794. The molecule has 4 heteroatoms. The topological polar surface area (TPSA) is 55.1 Å². The lowest BCUT2D eigenvalue weighted by Crippen LogP contribution is -2.06. The Kier molecular flexibility index (Phi) is 3.68. The molecule has 0 fully saturated rings. The molecule has 0 unspecified atom stereocenters. The van der Waals surface area contributed by atoms with Gasteiger partial charge in [-0.15, -0.1) is 0 Å².